The molecule has 1 aromatic rings. The van der Waals surface area contributed by atoms with Crippen molar-refractivity contribution < 1.29 is 14.3 Å². The highest BCUT2D eigenvalue weighted by molar-refractivity contribution is 5.66. The van der Waals surface area contributed by atoms with Crippen LogP contribution in [0.4, 0.5) is 0 Å². The van der Waals surface area contributed by atoms with E-state index in [9.17, 15) is 4.79 Å². The number of hydrogen-bond donors (Lipinski definition) is 1. The van der Waals surface area contributed by atoms with Gasteiger partial charge in [-0.25, -0.2) is 4.98 Å². The number of carboxylic acids is 1. The van der Waals surface area contributed by atoms with Crippen LogP contribution in [-0.2, 0) is 17.6 Å². The van der Waals surface area contributed by atoms with Gasteiger partial charge in [0, 0.05) is 12.8 Å². The van der Waals surface area contributed by atoms with E-state index in [1.807, 2.05) is 0 Å². The van der Waals surface area contributed by atoms with Gasteiger partial charge < -0.3 is 14.4 Å². The van der Waals surface area contributed by atoms with E-state index < -0.39 is 5.97 Å². The van der Waals surface area contributed by atoms with Crippen LogP contribution in [0.2, 0.25) is 0 Å². The van der Waals surface area contributed by atoms with E-state index in [0.29, 0.717) is 18.1 Å². The van der Waals surface area contributed by atoms with Crippen molar-refractivity contribution in [2.75, 3.05) is 19.6 Å². The van der Waals surface area contributed by atoms with Crippen LogP contribution in [0.25, 0.3) is 0 Å². The van der Waals surface area contributed by atoms with Crippen LogP contribution in [0, 0.1) is 5.92 Å². The molecule has 0 unspecified atom stereocenters. The number of hydrogen-bond acceptors (Lipinski definition) is 4. The predicted octanol–water partition coefficient (Wildman–Crippen LogP) is 1.97. The Morgan fingerprint density at radius 1 is 1.53 bits per heavy atom. The Kier molecular flexibility index (Phi) is 4.96. The molecule has 0 aromatic carbocycles. The highest BCUT2D eigenvalue weighted by atomic mass is 16.4. The molecule has 1 N–H and O–H groups in total. The first kappa shape index (κ1) is 14.1. The Morgan fingerprint density at radius 2 is 2.26 bits per heavy atom. The van der Waals surface area contributed by atoms with Gasteiger partial charge in [0.25, 0.3) is 0 Å². The molecule has 0 bridgehead atoms. The first-order valence-corrected chi connectivity index (χ1v) is 7.05. The maximum atomic E-state index is 10.5. The third kappa shape index (κ3) is 4.35. The van der Waals surface area contributed by atoms with E-state index >= 15 is 0 Å². The summed E-state index contributed by atoms with van der Waals surface area (Å²) in [5, 5.41) is 8.62. The molecule has 1 aromatic heterocycles. The number of aromatic nitrogens is 1. The average molecular weight is 266 g/mol. The molecule has 0 aliphatic carbocycles. The third-order valence-corrected chi connectivity index (χ3v) is 3.80. The second-order valence-corrected chi connectivity index (χ2v) is 5.20. The fourth-order valence-electron chi connectivity index (χ4n) is 2.54. The zero-order valence-corrected chi connectivity index (χ0v) is 11.5. The summed E-state index contributed by atoms with van der Waals surface area (Å²) in [5.41, 5.74) is 0. The molecule has 1 saturated heterocycles. The SMILES string of the molecule is CCN1CCC(Cc2ncc(CCC(=O)O)o2)CC1. The van der Waals surface area contributed by atoms with Crippen LogP contribution in [0.15, 0.2) is 10.6 Å². The van der Waals surface area contributed by atoms with E-state index in [1.54, 1.807) is 6.20 Å². The Morgan fingerprint density at radius 3 is 2.89 bits per heavy atom. The van der Waals surface area contributed by atoms with Crippen molar-refractivity contribution in [3.63, 3.8) is 0 Å². The first-order chi connectivity index (χ1) is 9.17. The summed E-state index contributed by atoms with van der Waals surface area (Å²) in [6, 6.07) is 0. The van der Waals surface area contributed by atoms with Crippen molar-refractivity contribution in [2.24, 2.45) is 5.92 Å². The molecule has 0 spiro atoms. The number of rotatable bonds is 6. The number of aliphatic carboxylic acids is 1. The number of piperidine rings is 1. The van der Waals surface area contributed by atoms with Crippen LogP contribution in [0.3, 0.4) is 0 Å². The lowest BCUT2D eigenvalue weighted by Crippen LogP contribution is -2.34. The molecule has 1 aliphatic rings. The van der Waals surface area contributed by atoms with Crippen LogP contribution in [-0.4, -0.2) is 40.6 Å². The van der Waals surface area contributed by atoms with E-state index in [1.165, 1.54) is 12.8 Å². The van der Waals surface area contributed by atoms with Gasteiger partial charge in [0.2, 0.25) is 0 Å². The number of carboxylic acid groups (broad SMARTS) is 1. The topological polar surface area (TPSA) is 66.6 Å². The molecule has 1 aliphatic heterocycles. The molecule has 5 nitrogen and oxygen atoms in total. The fraction of sp³-hybridized carbons (Fsp3) is 0.714. The van der Waals surface area contributed by atoms with Crippen LogP contribution in [0.5, 0.6) is 0 Å². The van der Waals surface area contributed by atoms with Gasteiger partial charge in [0.1, 0.15) is 5.76 Å². The Bertz CT molecular complexity index is 409. The van der Waals surface area contributed by atoms with Gasteiger partial charge in [0.05, 0.1) is 12.6 Å². The minimum absolute atomic E-state index is 0.101. The standard InChI is InChI=1S/C14H22N2O3/c1-2-16-7-5-11(6-8-16)9-13-15-10-12(19-13)3-4-14(17)18/h10-11H,2-9H2,1H3,(H,17,18). The van der Waals surface area contributed by atoms with Gasteiger partial charge in [-0.05, 0) is 38.4 Å². The molecule has 106 valence electrons. The molecule has 0 atom stereocenters. The van der Waals surface area contributed by atoms with E-state index in [-0.39, 0.29) is 6.42 Å². The molecule has 2 heterocycles. The summed E-state index contributed by atoms with van der Waals surface area (Å²) >= 11 is 0. The highest BCUT2D eigenvalue weighted by Gasteiger charge is 2.20. The van der Waals surface area contributed by atoms with Crippen molar-refractivity contribution in [1.82, 2.24) is 9.88 Å². The van der Waals surface area contributed by atoms with Crippen LogP contribution >= 0.6 is 0 Å². The van der Waals surface area contributed by atoms with Crippen molar-refractivity contribution in [2.45, 2.75) is 39.0 Å². The molecule has 5 heteroatoms. The maximum absolute atomic E-state index is 10.5. The summed E-state index contributed by atoms with van der Waals surface area (Å²) in [6.07, 6.45) is 5.46. The molecular formula is C14H22N2O3. The number of likely N-dealkylation sites (tertiary alicyclic amines) is 1. The Hall–Kier alpha value is -1.36. The Labute approximate surface area is 113 Å². The lowest BCUT2D eigenvalue weighted by molar-refractivity contribution is -0.137. The van der Waals surface area contributed by atoms with E-state index in [2.05, 4.69) is 16.8 Å². The number of oxazole rings is 1. The van der Waals surface area contributed by atoms with E-state index in [4.69, 9.17) is 9.52 Å². The summed E-state index contributed by atoms with van der Waals surface area (Å²) in [5.74, 6) is 1.29. The lowest BCUT2D eigenvalue weighted by atomic mass is 9.93. The molecule has 1 fully saturated rings. The minimum atomic E-state index is -0.801. The molecule has 19 heavy (non-hydrogen) atoms. The molecule has 0 saturated carbocycles. The van der Waals surface area contributed by atoms with E-state index in [0.717, 1.165) is 31.9 Å². The Balaban J connectivity index is 1.78. The second kappa shape index (κ2) is 6.70. The molecule has 2 rings (SSSR count). The molecular weight excluding hydrogens is 244 g/mol. The van der Waals surface area contributed by atoms with Crippen molar-refractivity contribution in [1.29, 1.82) is 0 Å². The van der Waals surface area contributed by atoms with Gasteiger partial charge in [-0.2, -0.15) is 0 Å². The second-order valence-electron chi connectivity index (χ2n) is 5.20. The first-order valence-electron chi connectivity index (χ1n) is 7.05. The number of carbonyl (C=O) groups is 1. The summed E-state index contributed by atoms with van der Waals surface area (Å²) < 4.78 is 5.60. The highest BCUT2D eigenvalue weighted by Crippen LogP contribution is 2.21. The summed E-state index contributed by atoms with van der Waals surface area (Å²) in [4.78, 5) is 17.2. The third-order valence-electron chi connectivity index (χ3n) is 3.80. The number of nitrogens with zero attached hydrogens (tertiary/aromatic N) is 2. The van der Waals surface area contributed by atoms with Gasteiger partial charge in [-0.1, -0.05) is 6.92 Å². The smallest absolute Gasteiger partial charge is 0.303 e. The number of aryl methyl sites for hydroxylation is 1. The summed E-state index contributed by atoms with van der Waals surface area (Å²) in [6.45, 7) is 5.65. The van der Waals surface area contributed by atoms with Crippen molar-refractivity contribution in [3.05, 3.63) is 17.8 Å². The van der Waals surface area contributed by atoms with Crippen LogP contribution in [0.1, 0.15) is 37.8 Å². The van der Waals surface area contributed by atoms with Crippen molar-refractivity contribution in [3.8, 4) is 0 Å². The zero-order chi connectivity index (χ0) is 13.7. The summed E-state index contributed by atoms with van der Waals surface area (Å²) in [7, 11) is 0. The largest absolute Gasteiger partial charge is 0.481 e. The predicted molar refractivity (Wildman–Crippen MR) is 71.0 cm³/mol. The monoisotopic (exact) mass is 266 g/mol. The van der Waals surface area contributed by atoms with Gasteiger partial charge in [-0.15, -0.1) is 0 Å². The maximum Gasteiger partial charge on any atom is 0.303 e. The molecule has 0 radical (unpaired) electrons. The average Bonchev–Trinajstić information content (AvgIpc) is 2.85. The van der Waals surface area contributed by atoms with Gasteiger partial charge in [-0.3, -0.25) is 4.79 Å². The lowest BCUT2D eigenvalue weighted by Gasteiger charge is -2.30. The van der Waals surface area contributed by atoms with Crippen molar-refractivity contribution >= 4 is 5.97 Å². The quantitative estimate of drug-likeness (QED) is 0.852. The van der Waals surface area contributed by atoms with Crippen LogP contribution < -0.4 is 0 Å². The minimum Gasteiger partial charge on any atom is -0.481 e. The molecule has 0 amide bonds. The van der Waals surface area contributed by atoms with Gasteiger partial charge >= 0.3 is 5.97 Å². The normalized spacial score (nSPS) is 17.7. The van der Waals surface area contributed by atoms with Gasteiger partial charge in [0.15, 0.2) is 5.89 Å². The fourth-order valence-corrected chi connectivity index (χ4v) is 2.54. The zero-order valence-electron chi connectivity index (χ0n) is 11.5.